The molecule has 4 rings (SSSR count). The van der Waals surface area contributed by atoms with Crippen LogP contribution in [0.1, 0.15) is 22.5 Å². The van der Waals surface area contributed by atoms with Crippen LogP contribution in [0, 0.1) is 0 Å². The van der Waals surface area contributed by atoms with Gasteiger partial charge in [-0.05, 0) is 18.2 Å². The van der Waals surface area contributed by atoms with Crippen molar-refractivity contribution < 1.29 is 26.3 Å². The molecule has 1 N–H and O–H groups in total. The largest absolute Gasteiger partial charge is 0.416 e. The number of H-pyrrole nitrogens is 1. The summed E-state index contributed by atoms with van der Waals surface area (Å²) in [6, 6.07) is 1.15. The molecule has 0 bridgehead atoms. The van der Waals surface area contributed by atoms with Crippen molar-refractivity contribution in [2.24, 2.45) is 0 Å². The van der Waals surface area contributed by atoms with E-state index in [2.05, 4.69) is 35.2 Å². The Labute approximate surface area is 174 Å². The molecule has 3 aromatic heterocycles. The van der Waals surface area contributed by atoms with Crippen LogP contribution >= 0.6 is 0 Å². The lowest BCUT2D eigenvalue weighted by Gasteiger charge is -2.13. The number of alkyl halides is 6. The minimum atomic E-state index is -4.98. The van der Waals surface area contributed by atoms with Gasteiger partial charge in [-0.2, -0.15) is 31.4 Å². The molecule has 4 aromatic rings. The molecule has 0 atom stereocenters. The Morgan fingerprint density at radius 2 is 1.53 bits per heavy atom. The normalized spacial score (nSPS) is 12.9. The molecule has 32 heavy (non-hydrogen) atoms. The number of aromatic nitrogens is 8. The lowest BCUT2D eigenvalue weighted by atomic mass is 10.0. The minimum absolute atomic E-state index is 0.0395. The molecule has 8 nitrogen and oxygen atoms in total. The van der Waals surface area contributed by atoms with E-state index < -0.39 is 29.0 Å². The Balaban J connectivity index is 1.78. The summed E-state index contributed by atoms with van der Waals surface area (Å²) < 4.78 is 79.9. The summed E-state index contributed by atoms with van der Waals surface area (Å²) >= 11 is 0. The van der Waals surface area contributed by atoms with Gasteiger partial charge in [0.2, 0.25) is 0 Å². The molecule has 0 saturated heterocycles. The van der Waals surface area contributed by atoms with Gasteiger partial charge >= 0.3 is 12.4 Å². The summed E-state index contributed by atoms with van der Waals surface area (Å²) in [7, 11) is 0. The third kappa shape index (κ3) is 4.48. The molecule has 0 aliphatic heterocycles. The van der Waals surface area contributed by atoms with Gasteiger partial charge in [0.05, 0.1) is 11.1 Å². The molecule has 14 heteroatoms. The number of halogens is 6. The van der Waals surface area contributed by atoms with E-state index in [9.17, 15) is 26.3 Å². The lowest BCUT2D eigenvalue weighted by molar-refractivity contribution is -0.143. The molecule has 1 aromatic carbocycles. The van der Waals surface area contributed by atoms with Crippen molar-refractivity contribution in [1.82, 2.24) is 39.9 Å². The van der Waals surface area contributed by atoms with Gasteiger partial charge in [-0.15, -0.1) is 5.10 Å². The maximum Gasteiger partial charge on any atom is 0.416 e. The highest BCUT2D eigenvalue weighted by molar-refractivity contribution is 5.83. The Morgan fingerprint density at radius 1 is 0.875 bits per heavy atom. The zero-order valence-electron chi connectivity index (χ0n) is 15.6. The van der Waals surface area contributed by atoms with Gasteiger partial charge in [0.15, 0.2) is 11.6 Å². The van der Waals surface area contributed by atoms with Gasteiger partial charge < -0.3 is 0 Å². The molecule has 0 unspecified atom stereocenters. The highest BCUT2D eigenvalue weighted by atomic mass is 19.4. The Hall–Kier alpha value is -4.10. The first-order valence-electron chi connectivity index (χ1n) is 8.65. The zero-order chi connectivity index (χ0) is 22.9. The molecule has 0 amide bonds. The lowest BCUT2D eigenvalue weighted by Crippen LogP contribution is -2.11. The Kier molecular flexibility index (Phi) is 5.20. The van der Waals surface area contributed by atoms with Gasteiger partial charge in [0.1, 0.15) is 19.0 Å². The van der Waals surface area contributed by atoms with E-state index in [-0.39, 0.29) is 11.9 Å². The van der Waals surface area contributed by atoms with E-state index in [1.165, 1.54) is 31.2 Å². The van der Waals surface area contributed by atoms with Crippen LogP contribution in [-0.4, -0.2) is 39.9 Å². The second-order valence-electron chi connectivity index (χ2n) is 6.35. The van der Waals surface area contributed by atoms with E-state index in [4.69, 9.17) is 0 Å². The van der Waals surface area contributed by atoms with Crippen LogP contribution < -0.4 is 0 Å². The van der Waals surface area contributed by atoms with E-state index in [1.807, 2.05) is 0 Å². The smallest absolute Gasteiger partial charge is 0.259 e. The summed E-state index contributed by atoms with van der Waals surface area (Å²) in [5.41, 5.74) is -2.46. The van der Waals surface area contributed by atoms with E-state index in [1.54, 1.807) is 0 Å². The van der Waals surface area contributed by atoms with Gasteiger partial charge in [-0.1, -0.05) is 0 Å². The van der Waals surface area contributed by atoms with Crippen LogP contribution in [0.15, 0.2) is 49.6 Å². The average molecular weight is 452 g/mol. The molecule has 3 heterocycles. The number of rotatable bonds is 4. The Bertz CT molecular complexity index is 1210. The topological polar surface area (TPSA) is 98.1 Å². The number of nitrogens with one attached hydrogen (secondary N) is 1. The monoisotopic (exact) mass is 452 g/mol. The number of nitrogens with zero attached hydrogens (tertiary/aromatic N) is 7. The molecule has 0 spiro atoms. The van der Waals surface area contributed by atoms with Crippen LogP contribution in [0.2, 0.25) is 0 Å². The van der Waals surface area contributed by atoms with E-state index in [0.29, 0.717) is 29.1 Å². The van der Waals surface area contributed by atoms with Crippen LogP contribution in [0.3, 0.4) is 0 Å². The maximum absolute atomic E-state index is 13.1. The second kappa shape index (κ2) is 7.86. The van der Waals surface area contributed by atoms with Gasteiger partial charge in [0.25, 0.3) is 0 Å². The summed E-state index contributed by atoms with van der Waals surface area (Å²) in [6.45, 7) is 0. The second-order valence-corrected chi connectivity index (χ2v) is 6.35. The summed E-state index contributed by atoms with van der Waals surface area (Å²) in [6.07, 6.45) is -1.93. The van der Waals surface area contributed by atoms with Crippen molar-refractivity contribution in [3.8, 4) is 11.4 Å². The highest BCUT2D eigenvalue weighted by Gasteiger charge is 2.37. The van der Waals surface area contributed by atoms with Crippen molar-refractivity contribution >= 4 is 11.8 Å². The fourth-order valence-corrected chi connectivity index (χ4v) is 2.73. The molecule has 164 valence electrons. The number of aromatic amines is 1. The fraction of sp³-hybridized carbons (Fsp3) is 0.111. The maximum atomic E-state index is 13.1. The first kappa shape index (κ1) is 21.1. The summed E-state index contributed by atoms with van der Waals surface area (Å²) in [5.74, 6) is -0.0330. The van der Waals surface area contributed by atoms with Crippen molar-refractivity contribution in [3.63, 3.8) is 0 Å². The molecule has 0 saturated carbocycles. The first-order valence-corrected chi connectivity index (χ1v) is 8.65. The average Bonchev–Trinajstić information content (AvgIpc) is 3.43. The van der Waals surface area contributed by atoms with Crippen LogP contribution in [0.5, 0.6) is 0 Å². The third-order valence-electron chi connectivity index (χ3n) is 4.16. The van der Waals surface area contributed by atoms with Gasteiger partial charge in [-0.25, -0.2) is 24.6 Å². The predicted molar refractivity (Wildman–Crippen MR) is 97.1 cm³/mol. The molecule has 0 aliphatic carbocycles. The van der Waals surface area contributed by atoms with Gasteiger partial charge in [-0.3, -0.25) is 5.10 Å². The van der Waals surface area contributed by atoms with E-state index in [0.717, 1.165) is 11.0 Å². The fourth-order valence-electron chi connectivity index (χ4n) is 2.73. The predicted octanol–water partition coefficient (Wildman–Crippen LogP) is 3.94. The van der Waals surface area contributed by atoms with Crippen LogP contribution in [0.4, 0.5) is 26.3 Å². The number of hydrogen-bond acceptors (Lipinski definition) is 6. The highest BCUT2D eigenvalue weighted by Crippen LogP contribution is 2.38. The van der Waals surface area contributed by atoms with Crippen molar-refractivity contribution in [1.29, 1.82) is 0 Å². The minimum Gasteiger partial charge on any atom is -0.259 e. The Morgan fingerprint density at radius 3 is 2.09 bits per heavy atom. The SMILES string of the molecule is FC(F)(F)c1cc(-c2ncn(C=C(c3cncnc3)c3ncn[nH]3)n2)cc(C(F)(F)F)c1. The van der Waals surface area contributed by atoms with Crippen molar-refractivity contribution in [2.75, 3.05) is 0 Å². The van der Waals surface area contributed by atoms with Gasteiger partial charge in [0, 0.05) is 35.3 Å². The standard InChI is InChI=1S/C18H10F6N8/c19-17(20,21)12-1-10(2-13(3-12)18(22,23)24)15-28-9-32(31-15)6-14(16-27-8-29-30-16)11-4-25-7-26-5-11/h1-9H,(H,27,29,30). The third-order valence-corrected chi connectivity index (χ3v) is 4.16. The first-order chi connectivity index (χ1) is 15.1. The molecule has 0 aliphatic rings. The molecular formula is C18H10F6N8. The number of benzene rings is 1. The van der Waals surface area contributed by atoms with Crippen molar-refractivity contribution in [3.05, 3.63) is 72.1 Å². The number of hydrogen-bond donors (Lipinski definition) is 1. The summed E-state index contributed by atoms with van der Waals surface area (Å²) in [5, 5.41) is 10.4. The zero-order valence-corrected chi connectivity index (χ0v) is 15.6. The van der Waals surface area contributed by atoms with Crippen LogP contribution in [-0.2, 0) is 12.4 Å². The quantitative estimate of drug-likeness (QED) is 0.471. The summed E-state index contributed by atoms with van der Waals surface area (Å²) in [4.78, 5) is 15.7. The molecular weight excluding hydrogens is 442 g/mol. The molecule has 0 radical (unpaired) electrons. The van der Waals surface area contributed by atoms with E-state index >= 15 is 0 Å². The van der Waals surface area contributed by atoms with Crippen LogP contribution in [0.25, 0.3) is 23.2 Å². The molecule has 0 fully saturated rings. The van der Waals surface area contributed by atoms with Crippen molar-refractivity contribution in [2.45, 2.75) is 12.4 Å².